The number of amides is 1. The molecule has 130 valence electrons. The van der Waals surface area contributed by atoms with Gasteiger partial charge in [-0.25, -0.2) is 0 Å². The first-order valence-corrected chi connectivity index (χ1v) is 8.29. The van der Waals surface area contributed by atoms with Crippen molar-refractivity contribution in [2.24, 2.45) is 11.8 Å². The highest BCUT2D eigenvalue weighted by Gasteiger charge is 2.22. The molecule has 1 aliphatic heterocycles. The second-order valence-electron chi connectivity index (χ2n) is 6.45. The minimum atomic E-state index is -0.640. The quantitative estimate of drug-likeness (QED) is 0.746. The van der Waals surface area contributed by atoms with Gasteiger partial charge in [0, 0.05) is 13.0 Å². The molecule has 3 N–H and O–H groups in total. The third-order valence-corrected chi connectivity index (χ3v) is 4.74. The summed E-state index contributed by atoms with van der Waals surface area (Å²) >= 11 is 0. The fourth-order valence-corrected chi connectivity index (χ4v) is 3.23. The molecule has 5 heteroatoms. The summed E-state index contributed by atoms with van der Waals surface area (Å²) in [4.78, 5) is 12.1. The Kier molecular flexibility index (Phi) is 8.59. The van der Waals surface area contributed by atoms with Crippen LogP contribution in [0.1, 0.15) is 43.4 Å². The molecular formula is C18H29ClN2O2. The molecule has 1 amide bonds. The topological polar surface area (TPSA) is 61.4 Å². The Balaban J connectivity index is 0.00000264. The second kappa shape index (κ2) is 9.91. The van der Waals surface area contributed by atoms with Gasteiger partial charge >= 0.3 is 0 Å². The number of hydrogen-bond donors (Lipinski definition) is 3. The van der Waals surface area contributed by atoms with E-state index in [2.05, 4.69) is 17.6 Å². The summed E-state index contributed by atoms with van der Waals surface area (Å²) in [6, 6.07) is 7.74. The molecule has 0 aliphatic carbocycles. The number of carbonyl (C=O) groups is 1. The molecule has 0 spiro atoms. The molecule has 1 aliphatic rings. The van der Waals surface area contributed by atoms with E-state index in [1.165, 1.54) is 0 Å². The van der Waals surface area contributed by atoms with E-state index in [-0.39, 0.29) is 24.9 Å². The number of nitrogens with one attached hydrogen (secondary N) is 2. The van der Waals surface area contributed by atoms with E-state index in [1.807, 2.05) is 31.2 Å². The number of aliphatic hydroxyl groups is 1. The Labute approximate surface area is 145 Å². The van der Waals surface area contributed by atoms with Gasteiger partial charge in [0.2, 0.25) is 5.91 Å². The standard InChI is InChI=1S/C18H28N2O2.ClH/c1-13-5-3-4-6-16(13)17(21)12-20-18(22)11-14(2)15-7-9-19-10-8-15;/h3-6,14-15,17,19,21H,7-12H2,1-2H3,(H,20,22);1H. The van der Waals surface area contributed by atoms with Crippen LogP contribution in [-0.4, -0.2) is 30.6 Å². The van der Waals surface area contributed by atoms with Gasteiger partial charge in [0.25, 0.3) is 0 Å². The molecule has 2 rings (SSSR count). The van der Waals surface area contributed by atoms with E-state index in [0.29, 0.717) is 18.3 Å². The van der Waals surface area contributed by atoms with Gasteiger partial charge in [-0.1, -0.05) is 31.2 Å². The maximum atomic E-state index is 12.1. The predicted molar refractivity (Wildman–Crippen MR) is 95.8 cm³/mol. The maximum absolute atomic E-state index is 12.1. The molecule has 1 aromatic carbocycles. The van der Waals surface area contributed by atoms with Gasteiger partial charge in [0.1, 0.15) is 0 Å². The molecule has 4 nitrogen and oxygen atoms in total. The Morgan fingerprint density at radius 1 is 1.35 bits per heavy atom. The number of hydrogen-bond acceptors (Lipinski definition) is 3. The molecule has 1 fully saturated rings. The Hall–Kier alpha value is -1.10. The van der Waals surface area contributed by atoms with E-state index in [9.17, 15) is 9.90 Å². The fraction of sp³-hybridized carbons (Fsp3) is 0.611. The van der Waals surface area contributed by atoms with Crippen molar-refractivity contribution in [3.63, 3.8) is 0 Å². The zero-order chi connectivity index (χ0) is 15.9. The van der Waals surface area contributed by atoms with Crippen LogP contribution in [0.4, 0.5) is 0 Å². The van der Waals surface area contributed by atoms with Crippen molar-refractivity contribution in [1.82, 2.24) is 10.6 Å². The van der Waals surface area contributed by atoms with Gasteiger partial charge in [-0.2, -0.15) is 0 Å². The number of benzene rings is 1. The number of halogens is 1. The van der Waals surface area contributed by atoms with Crippen molar-refractivity contribution in [1.29, 1.82) is 0 Å². The minimum absolute atomic E-state index is 0. The Bertz CT molecular complexity index is 490. The number of aliphatic hydroxyl groups excluding tert-OH is 1. The third kappa shape index (κ3) is 6.13. The van der Waals surface area contributed by atoms with Crippen LogP contribution in [-0.2, 0) is 4.79 Å². The predicted octanol–water partition coefficient (Wildman–Crippen LogP) is 2.59. The molecule has 0 radical (unpaired) electrons. The third-order valence-electron chi connectivity index (χ3n) is 4.74. The summed E-state index contributed by atoms with van der Waals surface area (Å²) in [7, 11) is 0. The van der Waals surface area contributed by atoms with Crippen molar-refractivity contribution in [2.75, 3.05) is 19.6 Å². The van der Waals surface area contributed by atoms with E-state index in [4.69, 9.17) is 0 Å². The summed E-state index contributed by atoms with van der Waals surface area (Å²) in [6.07, 6.45) is 2.21. The molecule has 0 saturated carbocycles. The van der Waals surface area contributed by atoms with Gasteiger partial charge in [-0.05, 0) is 55.8 Å². The molecular weight excluding hydrogens is 312 g/mol. The molecule has 2 unspecified atom stereocenters. The average molecular weight is 341 g/mol. The number of piperidine rings is 1. The zero-order valence-electron chi connectivity index (χ0n) is 14.0. The largest absolute Gasteiger partial charge is 0.387 e. The summed E-state index contributed by atoms with van der Waals surface area (Å²) in [6.45, 7) is 6.53. The molecule has 2 atom stereocenters. The van der Waals surface area contributed by atoms with Crippen LogP contribution >= 0.6 is 12.4 Å². The highest BCUT2D eigenvalue weighted by molar-refractivity contribution is 5.85. The smallest absolute Gasteiger partial charge is 0.220 e. The van der Waals surface area contributed by atoms with Crippen molar-refractivity contribution in [2.45, 2.75) is 39.2 Å². The van der Waals surface area contributed by atoms with Gasteiger partial charge < -0.3 is 15.7 Å². The fourth-order valence-electron chi connectivity index (χ4n) is 3.23. The summed E-state index contributed by atoms with van der Waals surface area (Å²) in [5.74, 6) is 1.07. The van der Waals surface area contributed by atoms with E-state index in [1.54, 1.807) is 0 Å². The second-order valence-corrected chi connectivity index (χ2v) is 6.45. The highest BCUT2D eigenvalue weighted by Crippen LogP contribution is 2.24. The average Bonchev–Trinajstić information content (AvgIpc) is 2.54. The first-order valence-electron chi connectivity index (χ1n) is 8.29. The molecule has 0 bridgehead atoms. The molecule has 0 aromatic heterocycles. The lowest BCUT2D eigenvalue weighted by atomic mass is 9.84. The minimum Gasteiger partial charge on any atom is -0.387 e. The van der Waals surface area contributed by atoms with Crippen molar-refractivity contribution >= 4 is 18.3 Å². The van der Waals surface area contributed by atoms with Crippen LogP contribution in [0.3, 0.4) is 0 Å². The summed E-state index contributed by atoms with van der Waals surface area (Å²) < 4.78 is 0. The van der Waals surface area contributed by atoms with E-state index < -0.39 is 6.10 Å². The molecule has 23 heavy (non-hydrogen) atoms. The molecule has 1 heterocycles. The van der Waals surface area contributed by atoms with Gasteiger partial charge in [-0.3, -0.25) is 4.79 Å². The van der Waals surface area contributed by atoms with Crippen molar-refractivity contribution < 1.29 is 9.90 Å². The summed E-state index contributed by atoms with van der Waals surface area (Å²) in [5, 5.41) is 16.4. The Morgan fingerprint density at radius 3 is 2.65 bits per heavy atom. The highest BCUT2D eigenvalue weighted by atomic mass is 35.5. The number of aryl methyl sites for hydroxylation is 1. The van der Waals surface area contributed by atoms with Gasteiger partial charge in [0.05, 0.1) is 6.10 Å². The van der Waals surface area contributed by atoms with Crippen LogP contribution < -0.4 is 10.6 Å². The lowest BCUT2D eigenvalue weighted by Crippen LogP contribution is -2.34. The van der Waals surface area contributed by atoms with Crippen molar-refractivity contribution in [3.8, 4) is 0 Å². The van der Waals surface area contributed by atoms with Crippen LogP contribution in [0.5, 0.6) is 0 Å². The number of carbonyl (C=O) groups excluding carboxylic acids is 1. The van der Waals surface area contributed by atoms with Gasteiger partial charge in [-0.15, -0.1) is 12.4 Å². The SMILES string of the molecule is Cc1ccccc1C(O)CNC(=O)CC(C)C1CCNCC1.Cl. The van der Waals surface area contributed by atoms with E-state index >= 15 is 0 Å². The maximum Gasteiger partial charge on any atom is 0.220 e. The lowest BCUT2D eigenvalue weighted by Gasteiger charge is -2.28. The molecule has 1 saturated heterocycles. The lowest BCUT2D eigenvalue weighted by molar-refractivity contribution is -0.122. The van der Waals surface area contributed by atoms with Gasteiger partial charge in [0.15, 0.2) is 0 Å². The van der Waals surface area contributed by atoms with Crippen LogP contribution in [0.25, 0.3) is 0 Å². The summed E-state index contributed by atoms with van der Waals surface area (Å²) in [5.41, 5.74) is 1.93. The zero-order valence-corrected chi connectivity index (χ0v) is 14.9. The first kappa shape index (κ1) is 19.9. The first-order chi connectivity index (χ1) is 10.6. The van der Waals surface area contributed by atoms with Crippen LogP contribution in [0, 0.1) is 18.8 Å². The Morgan fingerprint density at radius 2 is 2.00 bits per heavy atom. The van der Waals surface area contributed by atoms with Crippen molar-refractivity contribution in [3.05, 3.63) is 35.4 Å². The van der Waals surface area contributed by atoms with E-state index in [0.717, 1.165) is 37.1 Å². The van der Waals surface area contributed by atoms with Crippen LogP contribution in [0.15, 0.2) is 24.3 Å². The van der Waals surface area contributed by atoms with Crippen LogP contribution in [0.2, 0.25) is 0 Å². The normalized spacial score (nSPS) is 17.9. The number of rotatable bonds is 6. The molecule has 1 aromatic rings. The monoisotopic (exact) mass is 340 g/mol.